The van der Waals surface area contributed by atoms with Crippen LogP contribution in [-0.4, -0.2) is 52.6 Å². The predicted molar refractivity (Wildman–Crippen MR) is 107 cm³/mol. The first-order valence-electron chi connectivity index (χ1n) is 8.88. The van der Waals surface area contributed by atoms with Gasteiger partial charge in [-0.25, -0.2) is 24.6 Å². The van der Waals surface area contributed by atoms with Crippen molar-refractivity contribution >= 4 is 24.6 Å². The van der Waals surface area contributed by atoms with Crippen LogP contribution < -0.4 is 5.46 Å². The minimum absolute atomic E-state index is 0.491. The summed E-state index contributed by atoms with van der Waals surface area (Å²) >= 11 is 0. The molecule has 0 unspecified atom stereocenters. The van der Waals surface area contributed by atoms with Crippen molar-refractivity contribution in [2.24, 2.45) is 7.05 Å². The number of rotatable bonds is 4. The van der Waals surface area contributed by atoms with E-state index in [2.05, 4.69) is 35.3 Å². The second-order valence-electron chi connectivity index (χ2n) is 6.59. The van der Waals surface area contributed by atoms with Crippen LogP contribution in [0, 0.1) is 0 Å². The molecule has 0 amide bonds. The highest BCUT2D eigenvalue weighted by Crippen LogP contribution is 2.19. The Balaban J connectivity index is 1.49. The van der Waals surface area contributed by atoms with Crippen molar-refractivity contribution in [1.82, 2.24) is 44.7 Å². The lowest BCUT2D eigenvalue weighted by atomic mass is 10.0. The molecule has 0 aliphatic carbocycles. The highest BCUT2D eigenvalue weighted by molar-refractivity contribution is 6.31. The van der Waals surface area contributed by atoms with E-state index < -0.39 is 0 Å². The largest absolute Gasteiger partial charge is 0.275 e. The Morgan fingerprint density at radius 2 is 1.86 bits per heavy atom. The van der Waals surface area contributed by atoms with E-state index in [1.165, 1.54) is 0 Å². The molecule has 2 radical (unpaired) electrons. The van der Waals surface area contributed by atoms with Gasteiger partial charge in [-0.05, 0) is 11.6 Å². The third-order valence-electron chi connectivity index (χ3n) is 4.42. The molecule has 10 heteroatoms. The molecule has 0 atom stereocenters. The Bertz CT molecular complexity index is 1310. The summed E-state index contributed by atoms with van der Waals surface area (Å²) in [4.78, 5) is 17.6. The zero-order valence-corrected chi connectivity index (χ0v) is 15.5. The molecular formula is C19H14BN9. The van der Waals surface area contributed by atoms with Crippen LogP contribution in [0.5, 0.6) is 0 Å². The summed E-state index contributed by atoms with van der Waals surface area (Å²) in [6.07, 6.45) is 8.50. The van der Waals surface area contributed by atoms with Crippen LogP contribution in [0.4, 0.5) is 0 Å². The van der Waals surface area contributed by atoms with Gasteiger partial charge in [0.1, 0.15) is 7.85 Å². The molecule has 0 saturated carbocycles. The molecule has 0 aliphatic heterocycles. The number of benzene rings is 1. The van der Waals surface area contributed by atoms with Gasteiger partial charge in [-0.1, -0.05) is 28.9 Å². The van der Waals surface area contributed by atoms with Crippen LogP contribution >= 0.6 is 0 Å². The quantitative estimate of drug-likeness (QED) is 0.428. The van der Waals surface area contributed by atoms with Crippen molar-refractivity contribution in [3.8, 4) is 22.6 Å². The molecule has 0 N–H and O–H groups in total. The Hall–Kier alpha value is -3.95. The molecule has 138 valence electrons. The summed E-state index contributed by atoms with van der Waals surface area (Å²) in [5.41, 5.74) is 5.16. The van der Waals surface area contributed by atoms with Gasteiger partial charge in [0.25, 0.3) is 0 Å². The highest BCUT2D eigenvalue weighted by Gasteiger charge is 2.12. The van der Waals surface area contributed by atoms with Crippen molar-refractivity contribution in [3.63, 3.8) is 0 Å². The lowest BCUT2D eigenvalue weighted by molar-refractivity contribution is 0.664. The normalized spacial score (nSPS) is 11.2. The predicted octanol–water partition coefficient (Wildman–Crippen LogP) is 0.921. The molecule has 29 heavy (non-hydrogen) atoms. The number of hydrogen-bond donors (Lipinski definition) is 0. The molecule has 4 heterocycles. The zero-order valence-electron chi connectivity index (χ0n) is 15.5. The summed E-state index contributed by atoms with van der Waals surface area (Å²) in [6.45, 7) is 0.491. The van der Waals surface area contributed by atoms with E-state index in [0.29, 0.717) is 29.1 Å². The Morgan fingerprint density at radius 1 is 1.00 bits per heavy atom. The van der Waals surface area contributed by atoms with Crippen LogP contribution in [0.25, 0.3) is 33.9 Å². The molecule has 0 bridgehead atoms. The van der Waals surface area contributed by atoms with Gasteiger partial charge in [-0.15, -0.1) is 5.10 Å². The maximum absolute atomic E-state index is 5.67. The fourth-order valence-electron chi connectivity index (χ4n) is 3.02. The monoisotopic (exact) mass is 379 g/mol. The lowest BCUT2D eigenvalue weighted by Crippen LogP contribution is -2.06. The van der Waals surface area contributed by atoms with E-state index in [9.17, 15) is 0 Å². The summed E-state index contributed by atoms with van der Waals surface area (Å²) in [7, 11) is 7.53. The van der Waals surface area contributed by atoms with Gasteiger partial charge in [0, 0.05) is 36.8 Å². The molecule has 4 aromatic heterocycles. The van der Waals surface area contributed by atoms with Gasteiger partial charge >= 0.3 is 0 Å². The van der Waals surface area contributed by atoms with Crippen LogP contribution in [0.2, 0.25) is 0 Å². The molecule has 9 nitrogen and oxygen atoms in total. The molecule has 5 rings (SSSR count). The van der Waals surface area contributed by atoms with E-state index in [-0.39, 0.29) is 0 Å². The SMILES string of the molecule is [B]c1cnc(-c2cccc(Cn3nnc4ncc(-c5cnn(C)c5)nc43)c2)nc1. The number of nitrogens with zero attached hydrogens (tertiary/aromatic N) is 9. The van der Waals surface area contributed by atoms with Gasteiger partial charge in [0.05, 0.1) is 24.6 Å². The number of fused-ring (bicyclic) bond motifs is 1. The molecule has 0 saturated heterocycles. The van der Waals surface area contributed by atoms with Gasteiger partial charge in [0.2, 0.25) is 5.65 Å². The van der Waals surface area contributed by atoms with Gasteiger partial charge in [-0.2, -0.15) is 5.10 Å². The Kier molecular flexibility index (Phi) is 4.08. The number of aryl methyl sites for hydroxylation is 1. The fraction of sp³-hybridized carbons (Fsp3) is 0.105. The summed E-state index contributed by atoms with van der Waals surface area (Å²) < 4.78 is 3.45. The smallest absolute Gasteiger partial charge is 0.221 e. The highest BCUT2D eigenvalue weighted by atomic mass is 15.4. The topological polar surface area (TPSA) is 100 Å². The molecule has 0 aliphatic rings. The lowest BCUT2D eigenvalue weighted by Gasteiger charge is -2.06. The molecular weight excluding hydrogens is 365 g/mol. The van der Waals surface area contributed by atoms with Crippen molar-refractivity contribution < 1.29 is 0 Å². The van der Waals surface area contributed by atoms with Gasteiger partial charge < -0.3 is 0 Å². The summed E-state index contributed by atoms with van der Waals surface area (Å²) in [6, 6.07) is 7.93. The zero-order chi connectivity index (χ0) is 19.8. The first kappa shape index (κ1) is 17.2. The maximum Gasteiger partial charge on any atom is 0.221 e. The van der Waals surface area contributed by atoms with E-state index in [1.54, 1.807) is 34.2 Å². The minimum Gasteiger partial charge on any atom is -0.275 e. The first-order valence-corrected chi connectivity index (χ1v) is 8.88. The third-order valence-corrected chi connectivity index (χ3v) is 4.42. The molecule has 0 fully saturated rings. The summed E-state index contributed by atoms with van der Waals surface area (Å²) in [5.74, 6) is 0.614. The van der Waals surface area contributed by atoms with Gasteiger partial charge in [-0.3, -0.25) is 4.68 Å². The van der Waals surface area contributed by atoms with Crippen molar-refractivity contribution in [2.45, 2.75) is 6.54 Å². The second kappa shape index (κ2) is 6.90. The second-order valence-corrected chi connectivity index (χ2v) is 6.59. The van der Waals surface area contributed by atoms with Crippen LogP contribution in [0.1, 0.15) is 5.56 Å². The number of hydrogen-bond acceptors (Lipinski definition) is 7. The summed E-state index contributed by atoms with van der Waals surface area (Å²) in [5, 5.41) is 12.5. The van der Waals surface area contributed by atoms with Crippen molar-refractivity contribution in [2.75, 3.05) is 0 Å². The maximum atomic E-state index is 5.67. The third kappa shape index (κ3) is 3.36. The Labute approximate surface area is 166 Å². The first-order chi connectivity index (χ1) is 14.2. The van der Waals surface area contributed by atoms with Crippen LogP contribution in [0.15, 0.2) is 55.2 Å². The van der Waals surface area contributed by atoms with E-state index in [1.807, 2.05) is 37.5 Å². The van der Waals surface area contributed by atoms with E-state index in [0.717, 1.165) is 22.4 Å². The molecule has 1 aromatic carbocycles. The minimum atomic E-state index is 0.491. The average Bonchev–Trinajstić information content (AvgIpc) is 3.35. The van der Waals surface area contributed by atoms with Gasteiger partial charge in [0.15, 0.2) is 11.5 Å². The fourth-order valence-corrected chi connectivity index (χ4v) is 3.02. The van der Waals surface area contributed by atoms with E-state index >= 15 is 0 Å². The molecule has 5 aromatic rings. The molecule has 0 spiro atoms. The van der Waals surface area contributed by atoms with Crippen LogP contribution in [-0.2, 0) is 13.6 Å². The number of aromatic nitrogens is 9. The average molecular weight is 379 g/mol. The standard InChI is InChI=1S/C19H14BN9/c1-28-11-14(6-24-28)16-9-23-18-19(25-16)29(27-26-18)10-12-3-2-4-13(5-12)17-21-7-15(20)8-22-17/h2-9,11H,10H2,1H3. The van der Waals surface area contributed by atoms with Crippen molar-refractivity contribution in [1.29, 1.82) is 0 Å². The Morgan fingerprint density at radius 3 is 2.66 bits per heavy atom. The van der Waals surface area contributed by atoms with E-state index in [4.69, 9.17) is 7.85 Å². The van der Waals surface area contributed by atoms with Crippen LogP contribution in [0.3, 0.4) is 0 Å². The van der Waals surface area contributed by atoms with Crippen molar-refractivity contribution in [3.05, 3.63) is 60.8 Å².